The first-order chi connectivity index (χ1) is 16.9. The molecule has 1 N–H and O–H groups in total. The van der Waals surface area contributed by atoms with Crippen LogP contribution < -0.4 is 10.1 Å². The van der Waals surface area contributed by atoms with Crippen molar-refractivity contribution < 1.29 is 22.7 Å². The summed E-state index contributed by atoms with van der Waals surface area (Å²) in [5.41, 5.74) is 1.45. The van der Waals surface area contributed by atoms with Crippen LogP contribution in [-0.2, 0) is 6.18 Å². The fourth-order valence-corrected chi connectivity index (χ4v) is 4.20. The Morgan fingerprint density at radius 3 is 2.54 bits per heavy atom. The third-order valence-corrected chi connectivity index (χ3v) is 5.97. The smallest absolute Gasteiger partial charge is 0.416 e. The highest BCUT2D eigenvalue weighted by Gasteiger charge is 2.31. The molecule has 35 heavy (non-hydrogen) atoms. The first-order valence-electron chi connectivity index (χ1n) is 11.2. The second-order valence-electron chi connectivity index (χ2n) is 8.32. The Balaban J connectivity index is 1.34. The van der Waals surface area contributed by atoms with Gasteiger partial charge in [0.2, 0.25) is 5.82 Å². The van der Waals surface area contributed by atoms with Crippen molar-refractivity contribution in [1.29, 1.82) is 0 Å². The molecular formula is C25H22F3N5O2. The molecule has 2 aromatic carbocycles. The first-order valence-corrected chi connectivity index (χ1v) is 11.2. The van der Waals surface area contributed by atoms with E-state index in [2.05, 4.69) is 20.3 Å². The Morgan fingerprint density at radius 1 is 1.06 bits per heavy atom. The third-order valence-electron chi connectivity index (χ3n) is 5.97. The Labute approximate surface area is 199 Å². The molecule has 1 saturated heterocycles. The molecule has 1 amide bonds. The number of likely N-dealkylation sites (tertiary alicyclic amines) is 1. The summed E-state index contributed by atoms with van der Waals surface area (Å²) in [6.45, 7) is 1.92. The van der Waals surface area contributed by atoms with Crippen LogP contribution in [0.2, 0.25) is 0 Å². The number of amides is 1. The van der Waals surface area contributed by atoms with Gasteiger partial charge in [-0.15, -0.1) is 0 Å². The number of amidine groups is 1. The average Bonchev–Trinajstić information content (AvgIpc) is 3.25. The number of fused-ring (bicyclic) bond motifs is 1. The summed E-state index contributed by atoms with van der Waals surface area (Å²) in [6.07, 6.45) is -0.575. The lowest BCUT2D eigenvalue weighted by atomic mass is 10.00. The molecule has 180 valence electrons. The minimum absolute atomic E-state index is 0.0258. The Kier molecular flexibility index (Phi) is 6.10. The summed E-state index contributed by atoms with van der Waals surface area (Å²) >= 11 is 0. The number of hydrogen-bond acceptors (Lipinski definition) is 6. The molecule has 0 aliphatic carbocycles. The molecule has 1 aromatic heterocycles. The second kappa shape index (κ2) is 9.36. The van der Waals surface area contributed by atoms with Crippen LogP contribution in [0.25, 0.3) is 11.1 Å². The highest BCUT2D eigenvalue weighted by molar-refractivity contribution is 6.02. The van der Waals surface area contributed by atoms with Crippen LogP contribution in [0, 0.1) is 0 Å². The van der Waals surface area contributed by atoms with E-state index in [0.717, 1.165) is 29.7 Å². The van der Waals surface area contributed by atoms with Crippen LogP contribution in [-0.4, -0.2) is 58.9 Å². The number of aliphatic imine (C=N–C) groups is 1. The standard InChI is InChI=1S/C25H22F3N5O2/c26-25(27,28)18-5-2-16(3-6-18)17-4-7-21-20(14-17)22(31-11-13-35-21)32-19-8-12-33(15-19)24(34)23-29-9-1-10-30-23/h1-7,9-10,14,19H,8,11-13,15H2,(H,31,32). The van der Waals surface area contributed by atoms with Crippen molar-refractivity contribution >= 4 is 11.7 Å². The van der Waals surface area contributed by atoms with Crippen LogP contribution in [0.15, 0.2) is 65.9 Å². The molecule has 5 rings (SSSR count). The zero-order chi connectivity index (χ0) is 24.4. The molecule has 3 aromatic rings. The molecule has 10 heteroatoms. The summed E-state index contributed by atoms with van der Waals surface area (Å²) in [5, 5.41) is 3.44. The van der Waals surface area contributed by atoms with Gasteiger partial charge in [-0.25, -0.2) is 9.97 Å². The number of hydrogen-bond donors (Lipinski definition) is 1. The number of nitrogens with zero attached hydrogens (tertiary/aromatic N) is 4. The van der Waals surface area contributed by atoms with E-state index in [1.165, 1.54) is 24.5 Å². The van der Waals surface area contributed by atoms with Crippen molar-refractivity contribution in [2.24, 2.45) is 4.99 Å². The largest absolute Gasteiger partial charge is 0.491 e. The maximum Gasteiger partial charge on any atom is 0.416 e. The molecule has 7 nitrogen and oxygen atoms in total. The quantitative estimate of drug-likeness (QED) is 0.616. The van der Waals surface area contributed by atoms with Gasteiger partial charge in [0.15, 0.2) is 0 Å². The van der Waals surface area contributed by atoms with E-state index in [1.807, 2.05) is 18.2 Å². The highest BCUT2D eigenvalue weighted by atomic mass is 19.4. The number of ether oxygens (including phenoxy) is 1. The van der Waals surface area contributed by atoms with Gasteiger partial charge >= 0.3 is 6.18 Å². The predicted molar refractivity (Wildman–Crippen MR) is 123 cm³/mol. The average molecular weight is 481 g/mol. The number of alkyl halides is 3. The summed E-state index contributed by atoms with van der Waals surface area (Å²) in [7, 11) is 0. The van der Waals surface area contributed by atoms with Crippen molar-refractivity contribution in [3.8, 4) is 16.9 Å². The van der Waals surface area contributed by atoms with Gasteiger partial charge in [-0.3, -0.25) is 9.79 Å². The molecule has 1 unspecified atom stereocenters. The molecule has 2 aliphatic heterocycles. The fraction of sp³-hybridized carbons (Fsp3) is 0.280. The Hall–Kier alpha value is -3.95. The van der Waals surface area contributed by atoms with E-state index in [-0.39, 0.29) is 17.8 Å². The van der Waals surface area contributed by atoms with Crippen LogP contribution in [0.5, 0.6) is 5.75 Å². The van der Waals surface area contributed by atoms with Crippen LogP contribution >= 0.6 is 0 Å². The summed E-state index contributed by atoms with van der Waals surface area (Å²) in [6, 6.07) is 12.2. The molecule has 0 bridgehead atoms. The maximum absolute atomic E-state index is 12.9. The molecule has 0 radical (unpaired) electrons. The van der Waals surface area contributed by atoms with Gasteiger partial charge in [-0.2, -0.15) is 13.2 Å². The van der Waals surface area contributed by atoms with Gasteiger partial charge in [0.25, 0.3) is 5.91 Å². The maximum atomic E-state index is 12.9. The molecule has 1 fully saturated rings. The fourth-order valence-electron chi connectivity index (χ4n) is 4.20. The van der Waals surface area contributed by atoms with Crippen molar-refractivity contribution in [2.45, 2.75) is 18.6 Å². The van der Waals surface area contributed by atoms with Crippen molar-refractivity contribution in [3.05, 3.63) is 77.9 Å². The molecule has 0 spiro atoms. The summed E-state index contributed by atoms with van der Waals surface area (Å²) in [5.74, 6) is 1.24. The molecule has 2 aliphatic rings. The molecule has 0 saturated carbocycles. The topological polar surface area (TPSA) is 79.7 Å². The SMILES string of the molecule is O=C(c1ncccn1)N1CCC(NC2=NCCOc3ccc(-c4ccc(C(F)(F)F)cc4)cc32)C1. The molecule has 3 heterocycles. The number of nitrogens with one attached hydrogen (secondary N) is 1. The van der Waals surface area contributed by atoms with Gasteiger partial charge < -0.3 is 15.0 Å². The van der Waals surface area contributed by atoms with E-state index in [9.17, 15) is 18.0 Å². The summed E-state index contributed by atoms with van der Waals surface area (Å²) in [4.78, 5) is 27.1. The van der Waals surface area contributed by atoms with Gasteiger partial charge in [-0.05, 0) is 47.9 Å². The molecular weight excluding hydrogens is 459 g/mol. The number of benzene rings is 2. The summed E-state index contributed by atoms with van der Waals surface area (Å²) < 4.78 is 44.6. The lowest BCUT2D eigenvalue weighted by Crippen LogP contribution is -2.39. The van der Waals surface area contributed by atoms with Gasteiger partial charge in [0.1, 0.15) is 18.2 Å². The number of rotatable bonds is 3. The minimum Gasteiger partial charge on any atom is -0.491 e. The minimum atomic E-state index is -4.38. The lowest BCUT2D eigenvalue weighted by Gasteiger charge is -2.19. The van der Waals surface area contributed by atoms with E-state index < -0.39 is 11.7 Å². The number of aromatic nitrogens is 2. The second-order valence-corrected chi connectivity index (χ2v) is 8.32. The Bertz CT molecular complexity index is 1250. The van der Waals surface area contributed by atoms with Crippen molar-refractivity contribution in [1.82, 2.24) is 20.2 Å². The van der Waals surface area contributed by atoms with E-state index in [1.54, 1.807) is 11.0 Å². The third kappa shape index (κ3) is 4.96. The van der Waals surface area contributed by atoms with Crippen LogP contribution in [0.4, 0.5) is 13.2 Å². The monoisotopic (exact) mass is 481 g/mol. The van der Waals surface area contributed by atoms with Crippen LogP contribution in [0.3, 0.4) is 0 Å². The zero-order valence-corrected chi connectivity index (χ0v) is 18.6. The Morgan fingerprint density at radius 2 is 1.80 bits per heavy atom. The van der Waals surface area contributed by atoms with Gasteiger partial charge in [0, 0.05) is 31.5 Å². The number of carbonyl (C=O) groups excluding carboxylic acids is 1. The highest BCUT2D eigenvalue weighted by Crippen LogP contribution is 2.33. The predicted octanol–water partition coefficient (Wildman–Crippen LogP) is 3.81. The van der Waals surface area contributed by atoms with Gasteiger partial charge in [-0.1, -0.05) is 18.2 Å². The first kappa shape index (κ1) is 22.8. The van der Waals surface area contributed by atoms with Crippen LogP contribution in [0.1, 0.15) is 28.2 Å². The number of halogens is 3. The zero-order valence-electron chi connectivity index (χ0n) is 18.6. The van der Waals surface area contributed by atoms with Gasteiger partial charge in [0.05, 0.1) is 17.7 Å². The van der Waals surface area contributed by atoms with E-state index >= 15 is 0 Å². The number of carbonyl (C=O) groups is 1. The van der Waals surface area contributed by atoms with Crippen molar-refractivity contribution in [3.63, 3.8) is 0 Å². The lowest BCUT2D eigenvalue weighted by molar-refractivity contribution is -0.137. The normalized spacial score (nSPS) is 17.7. The van der Waals surface area contributed by atoms with Crippen molar-refractivity contribution in [2.75, 3.05) is 26.2 Å². The molecule has 1 atom stereocenters. The van der Waals surface area contributed by atoms with E-state index in [4.69, 9.17) is 4.74 Å². The van der Waals surface area contributed by atoms with E-state index in [0.29, 0.717) is 43.4 Å².